The van der Waals surface area contributed by atoms with E-state index in [9.17, 15) is 75.9 Å². The maximum Gasteiger partial charge on any atom is 0.325 e. The molecule has 6 amide bonds. The van der Waals surface area contributed by atoms with Crippen LogP contribution >= 0.6 is 0 Å². The van der Waals surface area contributed by atoms with E-state index < -0.39 is 89.7 Å². The second-order valence-corrected chi connectivity index (χ2v) is 22.5. The van der Waals surface area contributed by atoms with Crippen LogP contribution in [0.15, 0.2) is 129 Å². The Kier molecular flexibility index (Phi) is 13.8. The van der Waals surface area contributed by atoms with E-state index in [1.165, 1.54) is 81.4 Å². The summed E-state index contributed by atoms with van der Waals surface area (Å²) < 4.78 is 140. The number of carbonyl (C=O) groups is 5. The molecule has 0 atom stereocenters. The fourth-order valence-corrected chi connectivity index (χ4v) is 10.3. The fraction of sp³-hybridized carbons (Fsp3) is 0.0889. The molecular weight excluding hydrogens is 1080 g/mol. The van der Waals surface area contributed by atoms with E-state index in [2.05, 4.69) is 31.9 Å². The first-order chi connectivity index (χ1) is 35.3. The summed E-state index contributed by atoms with van der Waals surface area (Å²) >= 11 is 0. The minimum atomic E-state index is -4.80. The predicted octanol–water partition coefficient (Wildman–Crippen LogP) is 4.99. The molecule has 4 aromatic heterocycles. The number of rotatable bonds is 14. The van der Waals surface area contributed by atoms with Crippen molar-refractivity contribution < 1.29 is 75.9 Å². The Balaban J connectivity index is 0.895. The normalized spacial score (nSPS) is 12.1. The van der Waals surface area contributed by atoms with Gasteiger partial charge in [-0.1, -0.05) is 12.1 Å². The van der Waals surface area contributed by atoms with Crippen molar-refractivity contribution in [3.8, 4) is 0 Å². The molecule has 4 heterocycles. The highest BCUT2D eigenvalue weighted by molar-refractivity contribution is 7.86. The van der Waals surface area contributed by atoms with Gasteiger partial charge in [0.15, 0.2) is 0 Å². The highest BCUT2D eigenvalue weighted by atomic mass is 32.2. The third kappa shape index (κ3) is 11.2. The topological polar surface area (TPSA) is 395 Å². The van der Waals surface area contributed by atoms with E-state index in [4.69, 9.17) is 0 Å². The van der Waals surface area contributed by atoms with E-state index in [1.807, 2.05) is 0 Å². The number of amides is 6. The number of aromatic nitrogens is 4. The van der Waals surface area contributed by atoms with Gasteiger partial charge in [0.2, 0.25) is 0 Å². The molecule has 76 heavy (non-hydrogen) atoms. The average Bonchev–Trinajstić information content (AvgIpc) is 4.09. The number of fused-ring (bicyclic) bond motifs is 2. The van der Waals surface area contributed by atoms with Gasteiger partial charge in [-0.3, -0.25) is 48.0 Å². The summed E-state index contributed by atoms with van der Waals surface area (Å²) in [6.07, 6.45) is 5.51. The zero-order valence-electron chi connectivity index (χ0n) is 39.4. The van der Waals surface area contributed by atoms with Crippen LogP contribution in [0.3, 0.4) is 0 Å². The summed E-state index contributed by atoms with van der Waals surface area (Å²) in [4.78, 5) is 64.5. The standard InChI is InChI=1S/C45H40N10O17S4/c1-52-19-23(41(56)46-33-9-11-35(75(67,68)69)29-7-5-27(17-31(29)33)73(61,62)63)13-37(52)48-43(58)25-15-39(54(3)21-25)50-45(60)51-40-16-26(22-55(40)4)44(59)49-38-14-24(20-53(38)2)42(57)47-34-10-12-36(76(70,71)72)30-8-6-28(18-32(30)34)74(64,65)66/h5-22H,1-4H3,(H,46,56)(H,47,57)(H,48,58)(H,49,59)(H2,50,51,60)(H,61,62,63)(H,64,65,66)(H,67,68,69)(H,70,71,72). The van der Waals surface area contributed by atoms with Crippen molar-refractivity contribution >= 4 is 126 Å². The largest absolute Gasteiger partial charge is 0.337 e. The number of nitrogens with zero attached hydrogens (tertiary/aromatic N) is 4. The van der Waals surface area contributed by atoms with Gasteiger partial charge >= 0.3 is 6.03 Å². The average molecular weight is 1120 g/mol. The smallest absolute Gasteiger partial charge is 0.325 e. The fourth-order valence-electron chi connectivity index (χ4n) is 7.87. The molecule has 10 N–H and O–H groups in total. The molecule has 0 saturated heterocycles. The van der Waals surface area contributed by atoms with Crippen molar-refractivity contribution in [1.29, 1.82) is 0 Å². The number of anilines is 6. The predicted molar refractivity (Wildman–Crippen MR) is 273 cm³/mol. The van der Waals surface area contributed by atoms with Crippen molar-refractivity contribution in [2.75, 3.05) is 31.9 Å². The van der Waals surface area contributed by atoms with Gasteiger partial charge in [0, 0.05) is 85.9 Å². The van der Waals surface area contributed by atoms with Crippen molar-refractivity contribution in [2.24, 2.45) is 28.2 Å². The molecule has 396 valence electrons. The molecule has 0 aliphatic carbocycles. The Morgan fingerprint density at radius 3 is 0.934 bits per heavy atom. The molecule has 31 heteroatoms. The number of hydrogen-bond donors (Lipinski definition) is 10. The van der Waals surface area contributed by atoms with Crippen LogP contribution in [0.4, 0.5) is 39.4 Å². The van der Waals surface area contributed by atoms with Gasteiger partial charge < -0.3 is 39.5 Å². The molecule has 0 unspecified atom stereocenters. The number of nitrogens with one attached hydrogen (secondary N) is 6. The molecular formula is C45H40N10O17S4. The van der Waals surface area contributed by atoms with Crippen LogP contribution < -0.4 is 31.9 Å². The number of urea groups is 1. The van der Waals surface area contributed by atoms with E-state index >= 15 is 0 Å². The number of hydrogen-bond acceptors (Lipinski definition) is 13. The Morgan fingerprint density at radius 2 is 0.645 bits per heavy atom. The third-order valence-electron chi connectivity index (χ3n) is 11.6. The molecule has 0 radical (unpaired) electrons. The maximum atomic E-state index is 13.4. The highest BCUT2D eigenvalue weighted by Gasteiger charge is 2.24. The Labute approximate surface area is 430 Å². The van der Waals surface area contributed by atoms with Gasteiger partial charge in [-0.15, -0.1) is 0 Å². The summed E-state index contributed by atoms with van der Waals surface area (Å²) in [7, 11) is -13.0. The molecule has 0 aliphatic rings. The monoisotopic (exact) mass is 1120 g/mol. The van der Waals surface area contributed by atoms with Crippen LogP contribution in [-0.2, 0) is 68.7 Å². The zero-order chi connectivity index (χ0) is 55.6. The van der Waals surface area contributed by atoms with Crippen molar-refractivity contribution in [1.82, 2.24) is 18.3 Å². The third-order valence-corrected chi connectivity index (χ3v) is 15.1. The first-order valence-corrected chi connectivity index (χ1v) is 27.1. The molecule has 0 spiro atoms. The first kappa shape index (κ1) is 53.6. The van der Waals surface area contributed by atoms with Gasteiger partial charge in [-0.25, -0.2) is 4.79 Å². The quantitative estimate of drug-likeness (QED) is 0.0641. The number of carbonyl (C=O) groups excluding carboxylic acids is 5. The first-order valence-electron chi connectivity index (χ1n) is 21.4. The SMILES string of the molecule is Cn1cc(C(=O)Nc2cc(C(=O)Nc3ccc(S(=O)(=O)O)c4ccc(S(=O)(=O)O)cc34)cn2C)cc1NC(=O)Nc1cc(C(=O)Nc2cc(C(=O)Nc3ccc(S(=O)(=O)O)c4ccc(S(=O)(=O)O)cc34)cn2C)cn1C. The van der Waals surface area contributed by atoms with Crippen LogP contribution in [0.1, 0.15) is 41.4 Å². The second-order valence-electron chi connectivity index (χ2n) is 16.8. The lowest BCUT2D eigenvalue weighted by Crippen LogP contribution is -2.22. The van der Waals surface area contributed by atoms with Crippen molar-refractivity contribution in [2.45, 2.75) is 19.6 Å². The van der Waals surface area contributed by atoms with Crippen LogP contribution in [0.5, 0.6) is 0 Å². The molecule has 0 bridgehead atoms. The van der Waals surface area contributed by atoms with Crippen LogP contribution in [0, 0.1) is 0 Å². The molecule has 0 saturated carbocycles. The zero-order valence-corrected chi connectivity index (χ0v) is 42.7. The summed E-state index contributed by atoms with van der Waals surface area (Å²) in [6, 6.07) is 14.5. The van der Waals surface area contributed by atoms with E-state index in [0.717, 1.165) is 60.7 Å². The van der Waals surface area contributed by atoms with Crippen LogP contribution in [0.2, 0.25) is 0 Å². The van der Waals surface area contributed by atoms with Gasteiger partial charge in [-0.2, -0.15) is 33.7 Å². The van der Waals surface area contributed by atoms with E-state index in [-0.39, 0.29) is 78.4 Å². The van der Waals surface area contributed by atoms with Crippen molar-refractivity contribution in [3.05, 3.63) is 132 Å². The Bertz CT molecular complexity index is 4020. The Hall–Kier alpha value is -8.69. The molecule has 8 aromatic rings. The van der Waals surface area contributed by atoms with E-state index in [1.54, 1.807) is 14.1 Å². The second kappa shape index (κ2) is 19.5. The molecule has 0 fully saturated rings. The molecule has 27 nitrogen and oxygen atoms in total. The lowest BCUT2D eigenvalue weighted by molar-refractivity contribution is 0.101. The summed E-state index contributed by atoms with van der Waals surface area (Å²) in [6.45, 7) is 0. The maximum absolute atomic E-state index is 13.4. The summed E-state index contributed by atoms with van der Waals surface area (Å²) in [5.74, 6) is -2.31. The Morgan fingerprint density at radius 1 is 0.355 bits per heavy atom. The van der Waals surface area contributed by atoms with Gasteiger partial charge in [0.1, 0.15) is 33.1 Å². The van der Waals surface area contributed by atoms with Crippen LogP contribution in [0.25, 0.3) is 21.5 Å². The molecule has 4 aromatic carbocycles. The van der Waals surface area contributed by atoms with E-state index in [0.29, 0.717) is 0 Å². The number of benzene rings is 4. The molecule has 0 aliphatic heterocycles. The highest BCUT2D eigenvalue weighted by Crippen LogP contribution is 2.34. The van der Waals surface area contributed by atoms with Gasteiger partial charge in [0.05, 0.1) is 32.0 Å². The number of aryl methyl sites for hydroxylation is 4. The lowest BCUT2D eigenvalue weighted by Gasteiger charge is -2.12. The summed E-state index contributed by atoms with van der Waals surface area (Å²) in [5, 5.41) is 15.0. The van der Waals surface area contributed by atoms with Crippen molar-refractivity contribution in [3.63, 3.8) is 0 Å². The van der Waals surface area contributed by atoms with Gasteiger partial charge in [0.25, 0.3) is 64.1 Å². The lowest BCUT2D eigenvalue weighted by atomic mass is 10.1. The van der Waals surface area contributed by atoms with Gasteiger partial charge in [-0.05, 0) is 72.8 Å². The summed E-state index contributed by atoms with van der Waals surface area (Å²) in [5.41, 5.74) is -0.0451. The molecule has 8 rings (SSSR count). The van der Waals surface area contributed by atoms with Crippen LogP contribution in [-0.4, -0.2) is 99.8 Å². The minimum Gasteiger partial charge on any atom is -0.337 e. The minimum absolute atomic E-state index is 0.00933.